The highest BCUT2D eigenvalue weighted by atomic mass is 16.4. The van der Waals surface area contributed by atoms with Gasteiger partial charge in [-0.1, -0.05) is 54.1 Å². The van der Waals surface area contributed by atoms with Gasteiger partial charge in [0.25, 0.3) is 5.91 Å². The monoisotopic (exact) mass is 412 g/mol. The summed E-state index contributed by atoms with van der Waals surface area (Å²) < 4.78 is 0. The van der Waals surface area contributed by atoms with Crippen molar-refractivity contribution in [2.24, 2.45) is 0 Å². The molecule has 0 aliphatic carbocycles. The number of aryl methyl sites for hydroxylation is 1. The van der Waals surface area contributed by atoms with Gasteiger partial charge in [0, 0.05) is 24.3 Å². The molecule has 0 fully saturated rings. The lowest BCUT2D eigenvalue weighted by Gasteiger charge is -2.30. The fraction of sp³-hybridized carbons (Fsp3) is 0.154. The molecule has 0 unspecified atom stereocenters. The lowest BCUT2D eigenvalue weighted by atomic mass is 9.98. The molecule has 0 saturated carbocycles. The average molecular weight is 412 g/mol. The maximum absolute atomic E-state index is 12.5. The minimum atomic E-state index is -1.01. The van der Waals surface area contributed by atoms with E-state index in [4.69, 9.17) is 0 Å². The summed E-state index contributed by atoms with van der Waals surface area (Å²) in [6, 6.07) is 22.6. The van der Waals surface area contributed by atoms with E-state index in [9.17, 15) is 14.7 Å². The smallest absolute Gasteiger partial charge is 0.337 e. The standard InChI is InChI=1S/C26H24N2O3/c1-18-6-5-9-21(16-18)25(29)27-22-10-11-24(23(17-22)26(30)31)28-14-12-20(13-15-28)19-7-3-2-4-8-19/h2-12,16-17H,13-15H2,1H3,(H,27,29)(H,30,31). The predicted octanol–water partition coefficient (Wildman–Crippen LogP) is 5.24. The molecule has 0 atom stereocenters. The van der Waals surface area contributed by atoms with Gasteiger partial charge in [0.15, 0.2) is 0 Å². The molecule has 5 nitrogen and oxygen atoms in total. The number of amides is 1. The van der Waals surface area contributed by atoms with Gasteiger partial charge in [0.1, 0.15) is 0 Å². The van der Waals surface area contributed by atoms with Crippen LogP contribution in [0.3, 0.4) is 0 Å². The van der Waals surface area contributed by atoms with E-state index in [1.54, 1.807) is 24.3 Å². The number of anilines is 2. The number of aromatic carboxylic acids is 1. The second-order valence-corrected chi connectivity index (χ2v) is 7.65. The van der Waals surface area contributed by atoms with Crippen LogP contribution >= 0.6 is 0 Å². The molecule has 2 N–H and O–H groups in total. The highest BCUT2D eigenvalue weighted by Gasteiger charge is 2.20. The second-order valence-electron chi connectivity index (χ2n) is 7.65. The number of carboxylic acids is 1. The number of nitrogens with zero attached hydrogens (tertiary/aromatic N) is 1. The molecule has 0 aromatic heterocycles. The van der Waals surface area contributed by atoms with Gasteiger partial charge in [-0.05, 0) is 54.8 Å². The fourth-order valence-electron chi connectivity index (χ4n) is 3.85. The first kappa shape index (κ1) is 20.4. The van der Waals surface area contributed by atoms with Gasteiger partial charge in [0.2, 0.25) is 0 Å². The van der Waals surface area contributed by atoms with E-state index in [-0.39, 0.29) is 11.5 Å². The lowest BCUT2D eigenvalue weighted by molar-refractivity contribution is 0.0697. The second kappa shape index (κ2) is 8.88. The molecule has 156 valence electrons. The third-order valence-corrected chi connectivity index (χ3v) is 5.46. The first-order chi connectivity index (χ1) is 15.0. The van der Waals surface area contributed by atoms with Crippen molar-refractivity contribution >= 4 is 28.8 Å². The van der Waals surface area contributed by atoms with E-state index in [2.05, 4.69) is 28.4 Å². The van der Waals surface area contributed by atoms with E-state index in [0.29, 0.717) is 23.5 Å². The number of rotatable bonds is 5. The Labute approximate surface area is 181 Å². The molecule has 0 radical (unpaired) electrons. The van der Waals surface area contributed by atoms with Gasteiger partial charge in [0.05, 0.1) is 11.3 Å². The number of benzene rings is 3. The summed E-state index contributed by atoms with van der Waals surface area (Å²) >= 11 is 0. The maximum Gasteiger partial charge on any atom is 0.337 e. The fourth-order valence-corrected chi connectivity index (χ4v) is 3.85. The molecular weight excluding hydrogens is 388 g/mol. The van der Waals surface area contributed by atoms with E-state index >= 15 is 0 Å². The molecule has 4 rings (SSSR count). The minimum Gasteiger partial charge on any atom is -0.478 e. The Balaban J connectivity index is 1.54. The molecule has 3 aromatic rings. The van der Waals surface area contributed by atoms with Crippen LogP contribution in [0.1, 0.15) is 38.3 Å². The Hall–Kier alpha value is -3.86. The van der Waals surface area contributed by atoms with Gasteiger partial charge in [-0.25, -0.2) is 4.79 Å². The molecule has 1 heterocycles. The number of carbonyl (C=O) groups is 2. The number of hydrogen-bond acceptors (Lipinski definition) is 3. The summed E-state index contributed by atoms with van der Waals surface area (Å²) in [6.07, 6.45) is 2.99. The van der Waals surface area contributed by atoms with Crippen LogP contribution in [-0.4, -0.2) is 30.1 Å². The summed E-state index contributed by atoms with van der Waals surface area (Å²) in [5, 5.41) is 12.6. The van der Waals surface area contributed by atoms with Crippen molar-refractivity contribution in [3.05, 3.63) is 101 Å². The van der Waals surface area contributed by atoms with Gasteiger partial charge in [-0.15, -0.1) is 0 Å². The van der Waals surface area contributed by atoms with Crippen LogP contribution in [-0.2, 0) is 0 Å². The third kappa shape index (κ3) is 4.67. The third-order valence-electron chi connectivity index (χ3n) is 5.46. The number of nitrogens with one attached hydrogen (secondary N) is 1. The molecule has 1 amide bonds. The molecule has 5 heteroatoms. The molecule has 0 spiro atoms. The summed E-state index contributed by atoms with van der Waals surface area (Å²) in [4.78, 5) is 26.5. The van der Waals surface area contributed by atoms with Crippen LogP contribution in [0, 0.1) is 6.92 Å². The Kier molecular flexibility index (Phi) is 5.85. The molecule has 3 aromatic carbocycles. The van der Waals surface area contributed by atoms with Crippen LogP contribution in [0.5, 0.6) is 0 Å². The van der Waals surface area contributed by atoms with Crippen LogP contribution in [0.15, 0.2) is 78.9 Å². The van der Waals surface area contributed by atoms with Crippen LogP contribution in [0.25, 0.3) is 5.57 Å². The number of carboxylic acid groups (broad SMARTS) is 1. The molecule has 31 heavy (non-hydrogen) atoms. The SMILES string of the molecule is Cc1cccc(C(=O)Nc2ccc(N3CC=C(c4ccccc4)CC3)c(C(=O)O)c2)c1. The van der Waals surface area contributed by atoms with E-state index < -0.39 is 5.97 Å². The van der Waals surface area contributed by atoms with Gasteiger partial charge in [-0.2, -0.15) is 0 Å². The highest BCUT2D eigenvalue weighted by molar-refractivity contribution is 6.05. The first-order valence-corrected chi connectivity index (χ1v) is 10.3. The average Bonchev–Trinajstić information content (AvgIpc) is 2.80. The Morgan fingerprint density at radius 3 is 2.45 bits per heavy atom. The normalized spacial score (nSPS) is 13.5. The number of carbonyl (C=O) groups excluding carboxylic acids is 1. The van der Waals surface area contributed by atoms with Crippen LogP contribution in [0.4, 0.5) is 11.4 Å². The van der Waals surface area contributed by atoms with Crippen LogP contribution < -0.4 is 10.2 Å². The topological polar surface area (TPSA) is 69.6 Å². The van der Waals surface area contributed by atoms with Crippen molar-refractivity contribution in [1.82, 2.24) is 0 Å². The summed E-state index contributed by atoms with van der Waals surface area (Å²) in [5.41, 5.74) is 5.30. The van der Waals surface area contributed by atoms with E-state index in [1.807, 2.05) is 37.3 Å². The van der Waals surface area contributed by atoms with E-state index in [1.165, 1.54) is 17.2 Å². The quantitative estimate of drug-likeness (QED) is 0.601. The van der Waals surface area contributed by atoms with Crippen molar-refractivity contribution in [3.8, 4) is 0 Å². The highest BCUT2D eigenvalue weighted by Crippen LogP contribution is 2.30. The zero-order valence-electron chi connectivity index (χ0n) is 17.3. The summed E-state index contributed by atoms with van der Waals surface area (Å²) in [7, 11) is 0. The van der Waals surface area contributed by atoms with Crippen LogP contribution in [0.2, 0.25) is 0 Å². The van der Waals surface area contributed by atoms with Crippen molar-refractivity contribution in [2.45, 2.75) is 13.3 Å². The summed E-state index contributed by atoms with van der Waals surface area (Å²) in [5.74, 6) is -1.28. The molecule has 0 bridgehead atoms. The van der Waals surface area contributed by atoms with Gasteiger partial charge >= 0.3 is 5.97 Å². The Morgan fingerprint density at radius 1 is 0.968 bits per heavy atom. The molecular formula is C26H24N2O3. The molecule has 1 aliphatic rings. The first-order valence-electron chi connectivity index (χ1n) is 10.3. The number of hydrogen-bond donors (Lipinski definition) is 2. The van der Waals surface area contributed by atoms with Gasteiger partial charge < -0.3 is 15.3 Å². The van der Waals surface area contributed by atoms with Crippen molar-refractivity contribution in [2.75, 3.05) is 23.3 Å². The minimum absolute atomic E-state index is 0.179. The Bertz CT molecular complexity index is 1150. The van der Waals surface area contributed by atoms with Gasteiger partial charge in [-0.3, -0.25) is 4.79 Å². The summed E-state index contributed by atoms with van der Waals surface area (Å²) in [6.45, 7) is 3.29. The predicted molar refractivity (Wildman–Crippen MR) is 124 cm³/mol. The lowest BCUT2D eigenvalue weighted by Crippen LogP contribution is -2.29. The largest absolute Gasteiger partial charge is 0.478 e. The van der Waals surface area contributed by atoms with Crippen molar-refractivity contribution in [3.63, 3.8) is 0 Å². The van der Waals surface area contributed by atoms with Crippen molar-refractivity contribution < 1.29 is 14.7 Å². The van der Waals surface area contributed by atoms with E-state index in [0.717, 1.165) is 18.5 Å². The molecule has 1 aliphatic heterocycles. The zero-order valence-corrected chi connectivity index (χ0v) is 17.3. The Morgan fingerprint density at radius 2 is 1.77 bits per heavy atom. The maximum atomic E-state index is 12.5. The molecule has 0 saturated heterocycles. The van der Waals surface area contributed by atoms with Crippen molar-refractivity contribution in [1.29, 1.82) is 0 Å². The zero-order chi connectivity index (χ0) is 21.8.